The molecular formula is C25H43N3OS. The average molecular weight is 434 g/mol. The standard InChI is InChI=1S/C25H43N3OS/c1-3-4-5-6-7-8-9-10-11-12-13-14-15-18-21-26-25(30)28-27-22-23-19-16-17-20-24(23)29-2/h16-17,19-20,22H,3-15,18,21H2,1-2H3,(H2,26,28,30)/b27-22-. The van der Waals surface area contributed by atoms with Crippen molar-refractivity contribution in [3.8, 4) is 5.75 Å². The number of methoxy groups -OCH3 is 1. The summed E-state index contributed by atoms with van der Waals surface area (Å²) in [6.45, 7) is 3.18. The van der Waals surface area contributed by atoms with Gasteiger partial charge >= 0.3 is 0 Å². The van der Waals surface area contributed by atoms with Gasteiger partial charge in [-0.3, -0.25) is 5.43 Å². The monoisotopic (exact) mass is 433 g/mol. The summed E-state index contributed by atoms with van der Waals surface area (Å²) in [6.07, 6.45) is 21.0. The second-order valence-corrected chi connectivity index (χ2v) is 8.37. The Kier molecular flexibility index (Phi) is 17.0. The van der Waals surface area contributed by atoms with E-state index < -0.39 is 0 Å². The molecule has 4 nitrogen and oxygen atoms in total. The van der Waals surface area contributed by atoms with E-state index in [2.05, 4.69) is 22.8 Å². The van der Waals surface area contributed by atoms with Crippen molar-refractivity contribution < 1.29 is 4.74 Å². The second kappa shape index (κ2) is 19.3. The van der Waals surface area contributed by atoms with Gasteiger partial charge < -0.3 is 10.1 Å². The third kappa shape index (κ3) is 14.4. The fourth-order valence-electron chi connectivity index (χ4n) is 3.49. The van der Waals surface area contributed by atoms with Crippen molar-refractivity contribution in [3.63, 3.8) is 0 Å². The minimum atomic E-state index is 0.566. The number of unbranched alkanes of at least 4 members (excludes halogenated alkanes) is 13. The van der Waals surface area contributed by atoms with E-state index in [1.165, 1.54) is 83.5 Å². The van der Waals surface area contributed by atoms with Gasteiger partial charge in [-0.05, 0) is 30.8 Å². The molecule has 0 spiro atoms. The molecule has 0 aliphatic rings. The maximum Gasteiger partial charge on any atom is 0.186 e. The van der Waals surface area contributed by atoms with Gasteiger partial charge in [0, 0.05) is 12.1 Å². The minimum absolute atomic E-state index is 0.566. The molecule has 1 aromatic rings. The summed E-state index contributed by atoms with van der Waals surface area (Å²) in [6, 6.07) is 7.75. The first kappa shape index (κ1) is 26.4. The molecule has 2 N–H and O–H groups in total. The highest BCUT2D eigenvalue weighted by Crippen LogP contribution is 2.14. The smallest absolute Gasteiger partial charge is 0.186 e. The Balaban J connectivity index is 1.88. The molecule has 0 heterocycles. The zero-order chi connectivity index (χ0) is 21.7. The number of rotatable bonds is 18. The molecule has 0 aliphatic heterocycles. The van der Waals surface area contributed by atoms with Crippen LogP contribution >= 0.6 is 12.2 Å². The number of hydrogen-bond donors (Lipinski definition) is 2. The highest BCUT2D eigenvalue weighted by atomic mass is 32.1. The summed E-state index contributed by atoms with van der Waals surface area (Å²) < 4.78 is 5.30. The molecule has 0 unspecified atom stereocenters. The van der Waals surface area contributed by atoms with Crippen molar-refractivity contribution in [3.05, 3.63) is 29.8 Å². The molecule has 0 saturated heterocycles. The molecule has 0 aromatic heterocycles. The molecule has 0 bridgehead atoms. The zero-order valence-corrected chi connectivity index (χ0v) is 20.1. The molecule has 30 heavy (non-hydrogen) atoms. The number of nitrogens with zero attached hydrogens (tertiary/aromatic N) is 1. The molecule has 0 fully saturated rings. The van der Waals surface area contributed by atoms with E-state index in [0.29, 0.717) is 5.11 Å². The van der Waals surface area contributed by atoms with Gasteiger partial charge in [-0.1, -0.05) is 103 Å². The SMILES string of the molecule is CCCCCCCCCCCCCCCCNC(=S)N/N=C\c1ccccc1OC. The summed E-state index contributed by atoms with van der Waals surface area (Å²) in [7, 11) is 1.66. The van der Waals surface area contributed by atoms with Crippen molar-refractivity contribution in [1.29, 1.82) is 0 Å². The van der Waals surface area contributed by atoms with E-state index in [1.807, 2.05) is 24.3 Å². The van der Waals surface area contributed by atoms with E-state index >= 15 is 0 Å². The second-order valence-electron chi connectivity index (χ2n) is 7.96. The Morgan fingerprint density at radius 1 is 0.867 bits per heavy atom. The van der Waals surface area contributed by atoms with Crippen LogP contribution in [0.15, 0.2) is 29.4 Å². The maximum atomic E-state index is 5.30. The van der Waals surface area contributed by atoms with E-state index in [4.69, 9.17) is 17.0 Å². The van der Waals surface area contributed by atoms with Gasteiger partial charge in [0.15, 0.2) is 5.11 Å². The van der Waals surface area contributed by atoms with Crippen LogP contribution in [-0.4, -0.2) is 25.0 Å². The lowest BCUT2D eigenvalue weighted by Crippen LogP contribution is -2.32. The predicted octanol–water partition coefficient (Wildman–Crippen LogP) is 6.97. The van der Waals surface area contributed by atoms with Crippen molar-refractivity contribution >= 4 is 23.5 Å². The van der Waals surface area contributed by atoms with Gasteiger partial charge in [-0.25, -0.2) is 0 Å². The lowest BCUT2D eigenvalue weighted by Gasteiger charge is -2.07. The fourth-order valence-corrected chi connectivity index (χ4v) is 3.65. The average Bonchev–Trinajstić information content (AvgIpc) is 2.76. The molecule has 0 saturated carbocycles. The highest BCUT2D eigenvalue weighted by molar-refractivity contribution is 7.80. The number of nitrogens with one attached hydrogen (secondary N) is 2. The van der Waals surface area contributed by atoms with Crippen LogP contribution in [0.25, 0.3) is 0 Å². The van der Waals surface area contributed by atoms with Crippen molar-refractivity contribution in [2.75, 3.05) is 13.7 Å². The summed E-state index contributed by atoms with van der Waals surface area (Å²) in [5.74, 6) is 0.796. The largest absolute Gasteiger partial charge is 0.496 e. The first-order valence-electron chi connectivity index (χ1n) is 12.0. The molecule has 0 atom stereocenters. The molecule has 0 aliphatic carbocycles. The Bertz CT molecular complexity index is 577. The van der Waals surface area contributed by atoms with E-state index in [-0.39, 0.29) is 0 Å². The molecule has 5 heteroatoms. The number of benzene rings is 1. The van der Waals surface area contributed by atoms with E-state index in [9.17, 15) is 0 Å². The van der Waals surface area contributed by atoms with Gasteiger partial charge in [-0.2, -0.15) is 5.10 Å². The van der Waals surface area contributed by atoms with E-state index in [0.717, 1.165) is 24.3 Å². The number of ether oxygens (including phenoxy) is 1. The summed E-state index contributed by atoms with van der Waals surface area (Å²) in [5, 5.41) is 7.96. The number of thiocarbonyl (C=S) groups is 1. The van der Waals surface area contributed by atoms with Crippen LogP contribution in [0, 0.1) is 0 Å². The molecule has 0 radical (unpaired) electrons. The van der Waals surface area contributed by atoms with Crippen LogP contribution in [0.1, 0.15) is 102 Å². The van der Waals surface area contributed by atoms with Crippen LogP contribution in [-0.2, 0) is 0 Å². The number of para-hydroxylation sites is 1. The van der Waals surface area contributed by atoms with Crippen molar-refractivity contribution in [2.45, 2.75) is 96.8 Å². The van der Waals surface area contributed by atoms with Crippen molar-refractivity contribution in [2.24, 2.45) is 5.10 Å². The summed E-state index contributed by atoms with van der Waals surface area (Å²) >= 11 is 5.26. The Morgan fingerprint density at radius 3 is 1.97 bits per heavy atom. The van der Waals surface area contributed by atoms with E-state index in [1.54, 1.807) is 13.3 Å². The molecule has 1 aromatic carbocycles. The predicted molar refractivity (Wildman–Crippen MR) is 135 cm³/mol. The van der Waals surface area contributed by atoms with Crippen LogP contribution in [0.3, 0.4) is 0 Å². The van der Waals surface area contributed by atoms with Crippen LogP contribution < -0.4 is 15.5 Å². The Morgan fingerprint density at radius 2 is 1.40 bits per heavy atom. The zero-order valence-electron chi connectivity index (χ0n) is 19.3. The fraction of sp³-hybridized carbons (Fsp3) is 0.680. The lowest BCUT2D eigenvalue weighted by atomic mass is 10.0. The topological polar surface area (TPSA) is 45.7 Å². The molecule has 170 valence electrons. The quantitative estimate of drug-likeness (QED) is 0.113. The third-order valence-corrected chi connectivity index (χ3v) is 5.56. The van der Waals surface area contributed by atoms with Gasteiger partial charge in [0.05, 0.1) is 13.3 Å². The molecule has 1 rings (SSSR count). The van der Waals surface area contributed by atoms with Gasteiger partial charge in [-0.15, -0.1) is 0 Å². The Hall–Kier alpha value is -1.62. The third-order valence-electron chi connectivity index (χ3n) is 5.32. The summed E-state index contributed by atoms with van der Waals surface area (Å²) in [4.78, 5) is 0. The maximum absolute atomic E-state index is 5.30. The van der Waals surface area contributed by atoms with Gasteiger partial charge in [0.1, 0.15) is 5.75 Å². The number of hydrogen-bond acceptors (Lipinski definition) is 3. The Labute approximate surface area is 190 Å². The normalized spacial score (nSPS) is 11.0. The molecular weight excluding hydrogens is 390 g/mol. The minimum Gasteiger partial charge on any atom is -0.496 e. The van der Waals surface area contributed by atoms with Gasteiger partial charge in [0.25, 0.3) is 0 Å². The van der Waals surface area contributed by atoms with Crippen LogP contribution in [0.5, 0.6) is 5.75 Å². The number of hydrazone groups is 1. The first-order valence-corrected chi connectivity index (χ1v) is 12.4. The first-order chi connectivity index (χ1) is 14.8. The highest BCUT2D eigenvalue weighted by Gasteiger charge is 1.98. The molecule has 0 amide bonds. The lowest BCUT2D eigenvalue weighted by molar-refractivity contribution is 0.414. The summed E-state index contributed by atoms with van der Waals surface area (Å²) in [5.41, 5.74) is 3.79. The van der Waals surface area contributed by atoms with Crippen molar-refractivity contribution in [1.82, 2.24) is 10.7 Å². The van der Waals surface area contributed by atoms with Crippen LogP contribution in [0.4, 0.5) is 0 Å². The van der Waals surface area contributed by atoms with Crippen LogP contribution in [0.2, 0.25) is 0 Å². The van der Waals surface area contributed by atoms with Gasteiger partial charge in [0.2, 0.25) is 0 Å².